The van der Waals surface area contributed by atoms with Gasteiger partial charge in [-0.2, -0.15) is 0 Å². The van der Waals surface area contributed by atoms with Crippen LogP contribution in [0.5, 0.6) is 0 Å². The van der Waals surface area contributed by atoms with E-state index >= 15 is 0 Å². The summed E-state index contributed by atoms with van der Waals surface area (Å²) in [6.45, 7) is 3.19. The van der Waals surface area contributed by atoms with Gasteiger partial charge in [0.1, 0.15) is 0 Å². The third-order valence-electron chi connectivity index (χ3n) is 2.97. The summed E-state index contributed by atoms with van der Waals surface area (Å²) in [5, 5.41) is 12.5. The topological polar surface area (TPSA) is 35.5 Å². The number of anilines is 1. The SMILES string of the molecule is OCCC1CNCCN1c1ccccc1Br. The predicted octanol–water partition coefficient (Wildman–Crippen LogP) is 1.61. The summed E-state index contributed by atoms with van der Waals surface area (Å²) in [6, 6.07) is 8.65. The van der Waals surface area contributed by atoms with E-state index in [0.717, 1.165) is 30.5 Å². The summed E-state index contributed by atoms with van der Waals surface area (Å²) in [4.78, 5) is 2.37. The zero-order valence-electron chi connectivity index (χ0n) is 9.19. The van der Waals surface area contributed by atoms with E-state index in [1.165, 1.54) is 5.69 Å². The van der Waals surface area contributed by atoms with Gasteiger partial charge >= 0.3 is 0 Å². The maximum Gasteiger partial charge on any atom is 0.0514 e. The number of halogens is 1. The summed E-state index contributed by atoms with van der Waals surface area (Å²) in [6.07, 6.45) is 0.814. The largest absolute Gasteiger partial charge is 0.396 e. The molecule has 1 aromatic rings. The molecule has 1 aromatic carbocycles. The number of rotatable bonds is 3. The minimum absolute atomic E-state index is 0.243. The number of hydrogen-bond acceptors (Lipinski definition) is 3. The van der Waals surface area contributed by atoms with Gasteiger partial charge in [0.25, 0.3) is 0 Å². The molecule has 1 heterocycles. The molecule has 2 N–H and O–H groups in total. The van der Waals surface area contributed by atoms with Crippen LogP contribution < -0.4 is 10.2 Å². The van der Waals surface area contributed by atoms with Gasteiger partial charge in [-0.25, -0.2) is 0 Å². The molecule has 4 heteroatoms. The van der Waals surface area contributed by atoms with Crippen molar-refractivity contribution in [3.8, 4) is 0 Å². The van der Waals surface area contributed by atoms with Gasteiger partial charge in [0.2, 0.25) is 0 Å². The van der Waals surface area contributed by atoms with E-state index in [4.69, 9.17) is 5.11 Å². The number of nitrogens with one attached hydrogen (secondary N) is 1. The predicted molar refractivity (Wildman–Crippen MR) is 69.8 cm³/mol. The van der Waals surface area contributed by atoms with E-state index in [0.29, 0.717) is 6.04 Å². The average Bonchev–Trinajstić information content (AvgIpc) is 2.31. The zero-order chi connectivity index (χ0) is 11.4. The van der Waals surface area contributed by atoms with Crippen molar-refractivity contribution in [2.24, 2.45) is 0 Å². The van der Waals surface area contributed by atoms with Crippen molar-refractivity contribution < 1.29 is 5.11 Å². The van der Waals surface area contributed by atoms with Gasteiger partial charge in [0, 0.05) is 36.8 Å². The highest BCUT2D eigenvalue weighted by Gasteiger charge is 2.22. The maximum atomic E-state index is 9.09. The van der Waals surface area contributed by atoms with Crippen molar-refractivity contribution in [3.05, 3.63) is 28.7 Å². The van der Waals surface area contributed by atoms with Crippen molar-refractivity contribution in [2.45, 2.75) is 12.5 Å². The fraction of sp³-hybridized carbons (Fsp3) is 0.500. The summed E-state index contributed by atoms with van der Waals surface area (Å²) in [5.41, 5.74) is 1.22. The molecule has 1 aliphatic heterocycles. The molecule has 16 heavy (non-hydrogen) atoms. The van der Waals surface area contributed by atoms with E-state index in [1.54, 1.807) is 0 Å². The second-order valence-corrected chi connectivity index (χ2v) is 4.87. The van der Waals surface area contributed by atoms with E-state index in [9.17, 15) is 0 Å². The van der Waals surface area contributed by atoms with Gasteiger partial charge in [-0.15, -0.1) is 0 Å². The normalized spacial score (nSPS) is 21.1. The smallest absolute Gasteiger partial charge is 0.0514 e. The molecule has 0 radical (unpaired) electrons. The van der Waals surface area contributed by atoms with Crippen LogP contribution in [-0.2, 0) is 0 Å². The Morgan fingerprint density at radius 1 is 1.44 bits per heavy atom. The molecule has 0 saturated carbocycles. The second kappa shape index (κ2) is 5.66. The van der Waals surface area contributed by atoms with Crippen molar-refractivity contribution in [2.75, 3.05) is 31.1 Å². The molecular formula is C12H17BrN2O. The van der Waals surface area contributed by atoms with E-state index in [1.807, 2.05) is 6.07 Å². The number of piperazine rings is 1. The van der Waals surface area contributed by atoms with E-state index in [-0.39, 0.29) is 6.61 Å². The lowest BCUT2D eigenvalue weighted by Gasteiger charge is -2.38. The number of nitrogens with zero attached hydrogens (tertiary/aromatic N) is 1. The lowest BCUT2D eigenvalue weighted by molar-refractivity contribution is 0.266. The highest BCUT2D eigenvalue weighted by atomic mass is 79.9. The van der Waals surface area contributed by atoms with E-state index in [2.05, 4.69) is 44.3 Å². The van der Waals surface area contributed by atoms with Crippen molar-refractivity contribution in [1.29, 1.82) is 0 Å². The molecule has 1 fully saturated rings. The number of hydrogen-bond donors (Lipinski definition) is 2. The molecule has 88 valence electrons. The third kappa shape index (κ3) is 2.56. The first-order valence-corrected chi connectivity index (χ1v) is 6.45. The van der Waals surface area contributed by atoms with E-state index < -0.39 is 0 Å². The maximum absolute atomic E-state index is 9.09. The number of para-hydroxylation sites is 1. The minimum Gasteiger partial charge on any atom is -0.396 e. The highest BCUT2D eigenvalue weighted by Crippen LogP contribution is 2.28. The van der Waals surface area contributed by atoms with Crippen LogP contribution in [0.3, 0.4) is 0 Å². The molecule has 1 atom stereocenters. The van der Waals surface area contributed by atoms with Crippen molar-refractivity contribution in [3.63, 3.8) is 0 Å². The Morgan fingerprint density at radius 3 is 3.00 bits per heavy atom. The highest BCUT2D eigenvalue weighted by molar-refractivity contribution is 9.10. The summed E-state index contributed by atoms with van der Waals surface area (Å²) in [5.74, 6) is 0. The van der Waals surface area contributed by atoms with Crippen LogP contribution in [0.4, 0.5) is 5.69 Å². The van der Waals surface area contributed by atoms with Gasteiger partial charge in [0.05, 0.1) is 5.69 Å². The molecule has 0 aliphatic carbocycles. The zero-order valence-corrected chi connectivity index (χ0v) is 10.8. The Bertz CT molecular complexity index is 344. The third-order valence-corrected chi connectivity index (χ3v) is 3.64. The summed E-state index contributed by atoms with van der Waals surface area (Å²) >= 11 is 3.59. The first kappa shape index (κ1) is 11.9. The van der Waals surface area contributed by atoms with Crippen LogP contribution in [0.25, 0.3) is 0 Å². The Morgan fingerprint density at radius 2 is 2.25 bits per heavy atom. The molecule has 0 spiro atoms. The van der Waals surface area contributed by atoms with Crippen LogP contribution in [0.2, 0.25) is 0 Å². The fourth-order valence-electron chi connectivity index (χ4n) is 2.17. The number of aliphatic hydroxyl groups excluding tert-OH is 1. The minimum atomic E-state index is 0.243. The molecule has 1 aliphatic rings. The monoisotopic (exact) mass is 284 g/mol. The van der Waals surface area contributed by atoms with Crippen LogP contribution >= 0.6 is 15.9 Å². The average molecular weight is 285 g/mol. The molecule has 2 rings (SSSR count). The Kier molecular flexibility index (Phi) is 4.21. The Hall–Kier alpha value is -0.580. The summed E-state index contributed by atoms with van der Waals surface area (Å²) in [7, 11) is 0. The molecule has 1 saturated heterocycles. The van der Waals surface area contributed by atoms with Crippen molar-refractivity contribution >= 4 is 21.6 Å². The Labute approximate surface area is 105 Å². The van der Waals surface area contributed by atoms with Crippen LogP contribution in [-0.4, -0.2) is 37.4 Å². The first-order valence-electron chi connectivity index (χ1n) is 5.65. The Balaban J connectivity index is 2.19. The molecule has 0 aromatic heterocycles. The standard InChI is InChI=1S/C12H17BrN2O/c13-11-3-1-2-4-12(11)15-7-6-14-9-10(15)5-8-16/h1-4,10,14,16H,5-9H2. The lowest BCUT2D eigenvalue weighted by Crippen LogP contribution is -2.51. The quantitative estimate of drug-likeness (QED) is 0.885. The first-order chi connectivity index (χ1) is 7.83. The van der Waals surface area contributed by atoms with Gasteiger partial charge in [-0.1, -0.05) is 12.1 Å². The van der Waals surface area contributed by atoms with Crippen LogP contribution in [0.15, 0.2) is 28.7 Å². The molecule has 1 unspecified atom stereocenters. The van der Waals surface area contributed by atoms with Crippen LogP contribution in [0.1, 0.15) is 6.42 Å². The second-order valence-electron chi connectivity index (χ2n) is 4.02. The molecule has 0 amide bonds. The lowest BCUT2D eigenvalue weighted by atomic mass is 10.1. The number of aliphatic hydroxyl groups is 1. The van der Waals surface area contributed by atoms with Gasteiger partial charge in [0.15, 0.2) is 0 Å². The summed E-state index contributed by atoms with van der Waals surface area (Å²) < 4.78 is 1.12. The van der Waals surface area contributed by atoms with Crippen molar-refractivity contribution in [1.82, 2.24) is 5.32 Å². The van der Waals surface area contributed by atoms with Crippen LogP contribution in [0, 0.1) is 0 Å². The fourth-order valence-corrected chi connectivity index (χ4v) is 2.68. The van der Waals surface area contributed by atoms with Gasteiger partial charge in [-0.3, -0.25) is 0 Å². The molecule has 3 nitrogen and oxygen atoms in total. The van der Waals surface area contributed by atoms with Gasteiger partial charge < -0.3 is 15.3 Å². The molecular weight excluding hydrogens is 268 g/mol. The molecule has 0 bridgehead atoms. The number of benzene rings is 1. The van der Waals surface area contributed by atoms with Gasteiger partial charge in [-0.05, 0) is 34.5 Å².